The molecule has 0 aliphatic carbocycles. The highest BCUT2D eigenvalue weighted by atomic mass is 35.5. The molecule has 0 aliphatic heterocycles. The van der Waals surface area contributed by atoms with Crippen molar-refractivity contribution in [3.8, 4) is 0 Å². The smallest absolute Gasteiger partial charge is 0.180 e. The third kappa shape index (κ3) is 3.77. The fourth-order valence-corrected chi connectivity index (χ4v) is 2.85. The van der Waals surface area contributed by atoms with Crippen molar-refractivity contribution in [1.82, 2.24) is 0 Å². The standard InChI is InChI=1S/C11H15ClO3S/c1-10-4-2-3-5-11(10)16(13,14)9-8-15-7-6-12/h2-5H,6-9H2,1H3. The number of benzene rings is 1. The summed E-state index contributed by atoms with van der Waals surface area (Å²) in [5.74, 6) is 0.374. The molecule has 0 unspecified atom stereocenters. The van der Waals surface area contributed by atoms with Gasteiger partial charge in [0.1, 0.15) is 0 Å². The van der Waals surface area contributed by atoms with Crippen LogP contribution in [0.1, 0.15) is 5.56 Å². The molecule has 0 amide bonds. The van der Waals surface area contributed by atoms with Crippen LogP contribution in [0.25, 0.3) is 0 Å². The monoisotopic (exact) mass is 262 g/mol. The van der Waals surface area contributed by atoms with E-state index in [0.29, 0.717) is 17.4 Å². The minimum Gasteiger partial charge on any atom is -0.379 e. The van der Waals surface area contributed by atoms with Gasteiger partial charge in [0.15, 0.2) is 9.84 Å². The third-order valence-corrected chi connectivity index (χ3v) is 4.13. The van der Waals surface area contributed by atoms with Crippen molar-refractivity contribution in [3.05, 3.63) is 29.8 Å². The van der Waals surface area contributed by atoms with Crippen molar-refractivity contribution < 1.29 is 13.2 Å². The topological polar surface area (TPSA) is 43.4 Å². The van der Waals surface area contributed by atoms with Crippen LogP contribution in [0.5, 0.6) is 0 Å². The molecule has 0 aliphatic rings. The predicted octanol–water partition coefficient (Wildman–Crippen LogP) is 2.02. The normalized spacial score (nSPS) is 11.6. The van der Waals surface area contributed by atoms with Gasteiger partial charge in [-0.1, -0.05) is 18.2 Å². The maximum absolute atomic E-state index is 11.9. The lowest BCUT2D eigenvalue weighted by Gasteiger charge is -2.07. The summed E-state index contributed by atoms with van der Waals surface area (Å²) in [7, 11) is -3.24. The van der Waals surface area contributed by atoms with E-state index in [1.165, 1.54) is 0 Å². The molecule has 5 heteroatoms. The van der Waals surface area contributed by atoms with Crippen LogP contribution in [0, 0.1) is 6.92 Å². The molecule has 3 nitrogen and oxygen atoms in total. The van der Waals surface area contributed by atoms with Gasteiger partial charge in [-0.15, -0.1) is 11.6 Å². The van der Waals surface area contributed by atoms with E-state index in [-0.39, 0.29) is 12.4 Å². The van der Waals surface area contributed by atoms with E-state index in [0.717, 1.165) is 5.56 Å². The second-order valence-electron chi connectivity index (χ2n) is 3.39. The maximum Gasteiger partial charge on any atom is 0.180 e. The van der Waals surface area contributed by atoms with Crippen LogP contribution in [0.15, 0.2) is 29.2 Å². The predicted molar refractivity (Wildman–Crippen MR) is 64.8 cm³/mol. The zero-order valence-electron chi connectivity index (χ0n) is 9.15. The summed E-state index contributed by atoms with van der Waals surface area (Å²) in [6, 6.07) is 6.94. The Bertz CT molecular complexity index is 429. The van der Waals surface area contributed by atoms with Gasteiger partial charge in [-0.25, -0.2) is 8.42 Å². The highest BCUT2D eigenvalue weighted by Crippen LogP contribution is 2.15. The zero-order valence-corrected chi connectivity index (χ0v) is 10.7. The number of ether oxygens (including phenoxy) is 1. The molecule has 1 rings (SSSR count). The van der Waals surface area contributed by atoms with Gasteiger partial charge in [-0.05, 0) is 18.6 Å². The van der Waals surface area contributed by atoms with Gasteiger partial charge in [-0.3, -0.25) is 0 Å². The first-order chi connectivity index (χ1) is 7.58. The molecule has 0 atom stereocenters. The molecule has 0 radical (unpaired) electrons. The van der Waals surface area contributed by atoms with Crippen molar-refractivity contribution in [2.75, 3.05) is 24.8 Å². The number of sulfone groups is 1. The minimum absolute atomic E-state index is 0.00522. The molecule has 0 saturated carbocycles. The highest BCUT2D eigenvalue weighted by molar-refractivity contribution is 7.91. The molecule has 0 spiro atoms. The second-order valence-corrected chi connectivity index (χ2v) is 5.84. The molecule has 0 heterocycles. The molecule has 0 fully saturated rings. The molecule has 1 aromatic rings. The Morgan fingerprint density at radius 3 is 2.56 bits per heavy atom. The fourth-order valence-electron chi connectivity index (χ4n) is 1.34. The summed E-state index contributed by atoms with van der Waals surface area (Å²) >= 11 is 5.42. The van der Waals surface area contributed by atoms with Crippen LogP contribution < -0.4 is 0 Å². The molecule has 0 bridgehead atoms. The van der Waals surface area contributed by atoms with E-state index in [4.69, 9.17) is 16.3 Å². The van der Waals surface area contributed by atoms with Crippen LogP contribution in [0.3, 0.4) is 0 Å². The number of hydrogen-bond donors (Lipinski definition) is 0. The van der Waals surface area contributed by atoms with E-state index in [2.05, 4.69) is 0 Å². The SMILES string of the molecule is Cc1ccccc1S(=O)(=O)CCOCCCl. The Balaban J connectivity index is 2.68. The zero-order chi connectivity index (χ0) is 12.0. The maximum atomic E-state index is 11.9. The van der Waals surface area contributed by atoms with Crippen molar-refractivity contribution in [1.29, 1.82) is 0 Å². The molecular formula is C11H15ClO3S. The van der Waals surface area contributed by atoms with Crippen LogP contribution in [-0.4, -0.2) is 33.3 Å². The Morgan fingerprint density at radius 2 is 1.94 bits per heavy atom. The molecule has 0 N–H and O–H groups in total. The van der Waals surface area contributed by atoms with E-state index < -0.39 is 9.84 Å². The van der Waals surface area contributed by atoms with E-state index in [1.54, 1.807) is 25.1 Å². The number of rotatable bonds is 6. The van der Waals surface area contributed by atoms with Gasteiger partial charge in [-0.2, -0.15) is 0 Å². The minimum atomic E-state index is -3.24. The van der Waals surface area contributed by atoms with Gasteiger partial charge >= 0.3 is 0 Å². The summed E-state index contributed by atoms with van der Waals surface area (Å²) in [6.07, 6.45) is 0. The van der Waals surface area contributed by atoms with E-state index in [9.17, 15) is 8.42 Å². The van der Waals surface area contributed by atoms with Gasteiger partial charge in [0, 0.05) is 5.88 Å². The molecule has 1 aromatic carbocycles. The molecule has 90 valence electrons. The molecule has 0 aromatic heterocycles. The van der Waals surface area contributed by atoms with Crippen molar-refractivity contribution in [3.63, 3.8) is 0 Å². The molecule has 0 saturated heterocycles. The number of hydrogen-bond acceptors (Lipinski definition) is 3. The quantitative estimate of drug-likeness (QED) is 0.582. The number of halogens is 1. The summed E-state index contributed by atoms with van der Waals surface area (Å²) < 4.78 is 28.9. The number of aryl methyl sites for hydroxylation is 1. The lowest BCUT2D eigenvalue weighted by Crippen LogP contribution is -2.14. The largest absolute Gasteiger partial charge is 0.379 e. The van der Waals surface area contributed by atoms with Crippen LogP contribution in [0.4, 0.5) is 0 Å². The van der Waals surface area contributed by atoms with Crippen LogP contribution in [-0.2, 0) is 14.6 Å². The Morgan fingerprint density at radius 1 is 1.25 bits per heavy atom. The summed E-state index contributed by atoms with van der Waals surface area (Å²) in [5.41, 5.74) is 0.764. The second kappa shape index (κ2) is 6.23. The van der Waals surface area contributed by atoms with E-state index >= 15 is 0 Å². The van der Waals surface area contributed by atoms with Crippen LogP contribution >= 0.6 is 11.6 Å². The average Bonchev–Trinajstić information content (AvgIpc) is 2.25. The van der Waals surface area contributed by atoms with E-state index in [1.807, 2.05) is 6.07 Å². The van der Waals surface area contributed by atoms with Crippen molar-refractivity contribution >= 4 is 21.4 Å². The molecular weight excluding hydrogens is 248 g/mol. The van der Waals surface area contributed by atoms with Crippen LogP contribution in [0.2, 0.25) is 0 Å². The Labute approximate surface area is 101 Å². The van der Waals surface area contributed by atoms with Gasteiger partial charge in [0.05, 0.1) is 23.9 Å². The van der Waals surface area contributed by atoms with Crippen molar-refractivity contribution in [2.45, 2.75) is 11.8 Å². The first-order valence-electron chi connectivity index (χ1n) is 5.00. The van der Waals surface area contributed by atoms with Gasteiger partial charge in [0.25, 0.3) is 0 Å². The van der Waals surface area contributed by atoms with Gasteiger partial charge < -0.3 is 4.74 Å². The highest BCUT2D eigenvalue weighted by Gasteiger charge is 2.15. The average molecular weight is 263 g/mol. The first kappa shape index (κ1) is 13.5. The summed E-state index contributed by atoms with van der Waals surface area (Å²) in [6.45, 7) is 2.35. The lowest BCUT2D eigenvalue weighted by atomic mass is 10.2. The Kier molecular flexibility index (Phi) is 5.25. The summed E-state index contributed by atoms with van der Waals surface area (Å²) in [5, 5.41) is 0. The summed E-state index contributed by atoms with van der Waals surface area (Å²) in [4.78, 5) is 0.379. The number of alkyl halides is 1. The lowest BCUT2D eigenvalue weighted by molar-refractivity contribution is 0.165. The fraction of sp³-hybridized carbons (Fsp3) is 0.455. The molecule has 16 heavy (non-hydrogen) atoms. The van der Waals surface area contributed by atoms with Gasteiger partial charge in [0.2, 0.25) is 0 Å². The first-order valence-corrected chi connectivity index (χ1v) is 7.18. The van der Waals surface area contributed by atoms with Crippen molar-refractivity contribution in [2.24, 2.45) is 0 Å². The third-order valence-electron chi connectivity index (χ3n) is 2.15. The Hall–Kier alpha value is -0.580.